The molecule has 7 heteroatoms. The van der Waals surface area contributed by atoms with E-state index in [9.17, 15) is 4.79 Å². The van der Waals surface area contributed by atoms with Crippen LogP contribution in [-0.4, -0.2) is 22.7 Å². The molecule has 0 aliphatic carbocycles. The lowest BCUT2D eigenvalue weighted by Crippen LogP contribution is -2.12. The van der Waals surface area contributed by atoms with Crippen molar-refractivity contribution < 1.29 is 14.1 Å². The van der Waals surface area contributed by atoms with Crippen molar-refractivity contribution >= 4 is 23.1 Å². The van der Waals surface area contributed by atoms with Crippen LogP contribution >= 0.6 is 11.3 Å². The Labute approximate surface area is 162 Å². The quantitative estimate of drug-likeness (QED) is 0.664. The molecule has 3 rings (SSSR count). The highest BCUT2D eigenvalue weighted by Gasteiger charge is 2.22. The molecule has 0 bridgehead atoms. The topological polar surface area (TPSA) is 77.2 Å². The summed E-state index contributed by atoms with van der Waals surface area (Å²) in [6, 6.07) is 9.44. The molecule has 0 unspecified atom stereocenters. The summed E-state index contributed by atoms with van der Waals surface area (Å²) in [5, 5.41) is 7.51. The van der Waals surface area contributed by atoms with Gasteiger partial charge in [-0.25, -0.2) is 4.98 Å². The lowest BCUT2D eigenvalue weighted by atomic mass is 9.93. The van der Waals surface area contributed by atoms with E-state index >= 15 is 0 Å². The number of thiazole rings is 1. The van der Waals surface area contributed by atoms with Crippen LogP contribution in [0.15, 0.2) is 34.9 Å². The van der Waals surface area contributed by atoms with Crippen molar-refractivity contribution in [2.24, 2.45) is 0 Å². The van der Waals surface area contributed by atoms with Crippen molar-refractivity contribution in [3.05, 3.63) is 46.7 Å². The zero-order chi connectivity index (χ0) is 19.6. The SMILES string of the molecule is CCOc1ccc(-c2nc(C)c(C(=O)Nc3cc(C(C)(C)C)on3)s2)cc1. The number of amides is 1. The predicted molar refractivity (Wildman–Crippen MR) is 107 cm³/mol. The predicted octanol–water partition coefficient (Wildman–Crippen LogP) is 5.06. The van der Waals surface area contributed by atoms with E-state index in [1.54, 1.807) is 6.07 Å². The number of carbonyl (C=O) groups excluding carboxylic acids is 1. The lowest BCUT2D eigenvalue weighted by molar-refractivity contribution is 0.102. The van der Waals surface area contributed by atoms with Crippen LogP contribution < -0.4 is 10.1 Å². The average molecular weight is 385 g/mol. The summed E-state index contributed by atoms with van der Waals surface area (Å²) < 4.78 is 10.8. The molecule has 1 aromatic carbocycles. The summed E-state index contributed by atoms with van der Waals surface area (Å²) in [5.74, 6) is 1.69. The van der Waals surface area contributed by atoms with E-state index in [2.05, 4.69) is 15.5 Å². The van der Waals surface area contributed by atoms with Gasteiger partial charge >= 0.3 is 0 Å². The molecule has 2 aromatic heterocycles. The standard InChI is InChI=1S/C20H23N3O3S/c1-6-25-14-9-7-13(8-10-14)19-21-12(2)17(27-19)18(24)22-16-11-15(26-23-16)20(3,4)5/h7-11H,6H2,1-5H3,(H,22,23,24). The van der Waals surface area contributed by atoms with Gasteiger partial charge in [0.1, 0.15) is 21.4 Å². The van der Waals surface area contributed by atoms with Gasteiger partial charge in [-0.15, -0.1) is 11.3 Å². The summed E-state index contributed by atoms with van der Waals surface area (Å²) in [5.41, 5.74) is 1.46. The van der Waals surface area contributed by atoms with Crippen molar-refractivity contribution in [3.8, 4) is 16.3 Å². The number of hydrogen-bond donors (Lipinski definition) is 1. The van der Waals surface area contributed by atoms with E-state index in [0.29, 0.717) is 28.8 Å². The fourth-order valence-electron chi connectivity index (χ4n) is 2.45. The van der Waals surface area contributed by atoms with Crippen LogP contribution in [-0.2, 0) is 5.41 Å². The van der Waals surface area contributed by atoms with E-state index in [4.69, 9.17) is 9.26 Å². The van der Waals surface area contributed by atoms with Gasteiger partial charge in [0.05, 0.1) is 12.3 Å². The molecule has 0 radical (unpaired) electrons. The minimum atomic E-state index is -0.240. The fourth-order valence-corrected chi connectivity index (χ4v) is 3.42. The van der Waals surface area contributed by atoms with Crippen LogP contribution in [0.2, 0.25) is 0 Å². The minimum Gasteiger partial charge on any atom is -0.494 e. The number of anilines is 1. The summed E-state index contributed by atoms with van der Waals surface area (Å²) >= 11 is 1.35. The summed E-state index contributed by atoms with van der Waals surface area (Å²) in [6.45, 7) is 10.5. The largest absolute Gasteiger partial charge is 0.494 e. The Hall–Kier alpha value is -2.67. The third-order valence-electron chi connectivity index (χ3n) is 3.91. The van der Waals surface area contributed by atoms with Gasteiger partial charge in [-0.3, -0.25) is 4.79 Å². The maximum atomic E-state index is 12.6. The zero-order valence-electron chi connectivity index (χ0n) is 16.1. The molecule has 1 N–H and O–H groups in total. The van der Waals surface area contributed by atoms with Gasteiger partial charge in [-0.1, -0.05) is 25.9 Å². The van der Waals surface area contributed by atoms with Crippen molar-refractivity contribution in [3.63, 3.8) is 0 Å². The average Bonchev–Trinajstić information content (AvgIpc) is 3.22. The molecule has 3 aromatic rings. The smallest absolute Gasteiger partial charge is 0.268 e. The Morgan fingerprint density at radius 1 is 1.26 bits per heavy atom. The number of nitrogens with zero attached hydrogens (tertiary/aromatic N) is 2. The van der Waals surface area contributed by atoms with Crippen LogP contribution in [0, 0.1) is 6.92 Å². The van der Waals surface area contributed by atoms with Gasteiger partial charge < -0.3 is 14.6 Å². The maximum absolute atomic E-state index is 12.6. The second-order valence-corrected chi connectivity index (χ2v) is 8.17. The Kier molecular flexibility index (Phi) is 5.32. The van der Waals surface area contributed by atoms with Crippen LogP contribution in [0.1, 0.15) is 48.8 Å². The van der Waals surface area contributed by atoms with Gasteiger partial charge in [0.25, 0.3) is 5.91 Å². The molecule has 27 heavy (non-hydrogen) atoms. The molecule has 0 aliphatic heterocycles. The van der Waals surface area contributed by atoms with Crippen LogP contribution in [0.3, 0.4) is 0 Å². The maximum Gasteiger partial charge on any atom is 0.268 e. The van der Waals surface area contributed by atoms with Gasteiger partial charge in [0.15, 0.2) is 5.82 Å². The number of ether oxygens (including phenoxy) is 1. The van der Waals surface area contributed by atoms with E-state index < -0.39 is 0 Å². The number of rotatable bonds is 5. The first-order chi connectivity index (χ1) is 12.8. The van der Waals surface area contributed by atoms with Gasteiger partial charge in [-0.2, -0.15) is 0 Å². The Bertz CT molecular complexity index is 936. The van der Waals surface area contributed by atoms with E-state index in [1.807, 2.05) is 58.9 Å². The highest BCUT2D eigenvalue weighted by atomic mass is 32.1. The monoisotopic (exact) mass is 385 g/mol. The number of carbonyl (C=O) groups is 1. The fraction of sp³-hybridized carbons (Fsp3) is 0.350. The Balaban J connectivity index is 1.77. The highest BCUT2D eigenvalue weighted by molar-refractivity contribution is 7.17. The van der Waals surface area contributed by atoms with E-state index in [0.717, 1.165) is 16.3 Å². The Morgan fingerprint density at radius 2 is 1.96 bits per heavy atom. The highest BCUT2D eigenvalue weighted by Crippen LogP contribution is 2.30. The first-order valence-electron chi connectivity index (χ1n) is 8.77. The molecule has 1 amide bonds. The van der Waals surface area contributed by atoms with Gasteiger partial charge in [0, 0.05) is 17.0 Å². The first-order valence-corrected chi connectivity index (χ1v) is 9.59. The molecule has 0 spiro atoms. The number of hydrogen-bond acceptors (Lipinski definition) is 6. The van der Waals surface area contributed by atoms with Crippen molar-refractivity contribution in [1.82, 2.24) is 10.1 Å². The second kappa shape index (κ2) is 7.52. The zero-order valence-corrected chi connectivity index (χ0v) is 16.9. The third-order valence-corrected chi connectivity index (χ3v) is 5.11. The van der Waals surface area contributed by atoms with Crippen molar-refractivity contribution in [2.75, 3.05) is 11.9 Å². The molecule has 0 fully saturated rings. The molecule has 0 saturated heterocycles. The van der Waals surface area contributed by atoms with Gasteiger partial charge in [0.2, 0.25) is 0 Å². The molecule has 6 nitrogen and oxygen atoms in total. The molecule has 142 valence electrons. The van der Waals surface area contributed by atoms with Crippen molar-refractivity contribution in [1.29, 1.82) is 0 Å². The first kappa shape index (κ1) is 19.1. The summed E-state index contributed by atoms with van der Waals surface area (Å²) in [7, 11) is 0. The Morgan fingerprint density at radius 3 is 2.56 bits per heavy atom. The van der Waals surface area contributed by atoms with Crippen LogP contribution in [0.25, 0.3) is 10.6 Å². The normalized spacial score (nSPS) is 11.4. The number of aromatic nitrogens is 2. The third kappa shape index (κ3) is 4.36. The number of nitrogens with one attached hydrogen (secondary N) is 1. The molecule has 0 aliphatic rings. The molecule has 0 atom stereocenters. The molecular formula is C20H23N3O3S. The minimum absolute atomic E-state index is 0.169. The van der Waals surface area contributed by atoms with Gasteiger partial charge in [-0.05, 0) is 38.1 Å². The van der Waals surface area contributed by atoms with E-state index in [1.165, 1.54) is 11.3 Å². The summed E-state index contributed by atoms with van der Waals surface area (Å²) in [6.07, 6.45) is 0. The number of benzene rings is 1. The number of aryl methyl sites for hydroxylation is 1. The van der Waals surface area contributed by atoms with Crippen LogP contribution in [0.4, 0.5) is 5.82 Å². The summed E-state index contributed by atoms with van der Waals surface area (Å²) in [4.78, 5) is 17.7. The van der Waals surface area contributed by atoms with Crippen LogP contribution in [0.5, 0.6) is 5.75 Å². The molecule has 2 heterocycles. The molecular weight excluding hydrogens is 362 g/mol. The van der Waals surface area contributed by atoms with E-state index in [-0.39, 0.29) is 11.3 Å². The molecule has 0 saturated carbocycles. The second-order valence-electron chi connectivity index (χ2n) is 7.17. The lowest BCUT2D eigenvalue weighted by Gasteiger charge is -2.11. The van der Waals surface area contributed by atoms with Crippen molar-refractivity contribution in [2.45, 2.75) is 40.0 Å².